The first kappa shape index (κ1) is 17.8. The van der Waals surface area contributed by atoms with Gasteiger partial charge < -0.3 is 15.0 Å². The van der Waals surface area contributed by atoms with Gasteiger partial charge in [0.05, 0.1) is 13.0 Å². The summed E-state index contributed by atoms with van der Waals surface area (Å²) >= 11 is 0. The fraction of sp³-hybridized carbons (Fsp3) is 0.632. The first-order valence-electron chi connectivity index (χ1n) is 8.80. The van der Waals surface area contributed by atoms with E-state index in [4.69, 9.17) is 4.74 Å². The van der Waals surface area contributed by atoms with Crippen LogP contribution in [0.15, 0.2) is 30.3 Å². The molecule has 0 aliphatic carbocycles. The monoisotopic (exact) mass is 318 g/mol. The van der Waals surface area contributed by atoms with E-state index in [1.807, 2.05) is 30.3 Å². The third-order valence-electron chi connectivity index (χ3n) is 4.26. The zero-order chi connectivity index (χ0) is 16.5. The quantitative estimate of drug-likeness (QED) is 0.801. The Morgan fingerprint density at radius 3 is 2.61 bits per heavy atom. The number of hydrogen-bond acceptors (Lipinski definition) is 3. The number of nitrogens with zero attached hydrogens (tertiary/aromatic N) is 1. The van der Waals surface area contributed by atoms with E-state index in [0.717, 1.165) is 31.3 Å². The van der Waals surface area contributed by atoms with E-state index in [9.17, 15) is 4.79 Å². The van der Waals surface area contributed by atoms with Gasteiger partial charge in [-0.3, -0.25) is 4.79 Å². The van der Waals surface area contributed by atoms with Gasteiger partial charge in [0.25, 0.3) is 0 Å². The molecule has 1 saturated heterocycles. The lowest BCUT2D eigenvalue weighted by atomic mass is 9.96. The minimum Gasteiger partial charge on any atom is -0.493 e. The van der Waals surface area contributed by atoms with Crippen molar-refractivity contribution >= 4 is 5.91 Å². The second-order valence-corrected chi connectivity index (χ2v) is 6.85. The van der Waals surface area contributed by atoms with Crippen LogP contribution in [0.25, 0.3) is 0 Å². The van der Waals surface area contributed by atoms with E-state index in [0.29, 0.717) is 18.9 Å². The number of hydrogen-bond donors (Lipinski definition) is 1. The maximum Gasteiger partial charge on any atom is 0.223 e. The Morgan fingerprint density at radius 1 is 1.26 bits per heavy atom. The van der Waals surface area contributed by atoms with Crippen molar-refractivity contribution in [2.45, 2.75) is 33.1 Å². The minimum absolute atomic E-state index is 0.0885. The van der Waals surface area contributed by atoms with E-state index in [1.165, 1.54) is 19.4 Å². The zero-order valence-corrected chi connectivity index (χ0v) is 14.5. The number of nitrogens with one attached hydrogen (secondary N) is 1. The maximum absolute atomic E-state index is 11.9. The highest BCUT2D eigenvalue weighted by Gasteiger charge is 2.19. The van der Waals surface area contributed by atoms with Crippen LogP contribution < -0.4 is 10.1 Å². The summed E-state index contributed by atoms with van der Waals surface area (Å²) in [5, 5.41) is 3.06. The average Bonchev–Trinajstić information content (AvgIpc) is 2.55. The minimum atomic E-state index is 0.0885. The van der Waals surface area contributed by atoms with Gasteiger partial charge in [0, 0.05) is 13.1 Å². The highest BCUT2D eigenvalue weighted by atomic mass is 16.5. The average molecular weight is 318 g/mol. The molecule has 1 aliphatic heterocycles. The molecule has 1 amide bonds. The van der Waals surface area contributed by atoms with E-state index in [1.54, 1.807) is 0 Å². The van der Waals surface area contributed by atoms with Crippen LogP contribution in [0, 0.1) is 11.8 Å². The topological polar surface area (TPSA) is 41.6 Å². The van der Waals surface area contributed by atoms with E-state index < -0.39 is 0 Å². The third-order valence-corrected chi connectivity index (χ3v) is 4.26. The molecular weight excluding hydrogens is 288 g/mol. The molecule has 1 aromatic carbocycles. The normalized spacial score (nSPS) is 16.5. The van der Waals surface area contributed by atoms with Gasteiger partial charge in [-0.05, 0) is 49.9 Å². The summed E-state index contributed by atoms with van der Waals surface area (Å²) in [5.74, 6) is 2.26. The van der Waals surface area contributed by atoms with E-state index in [-0.39, 0.29) is 5.91 Å². The van der Waals surface area contributed by atoms with Crippen LogP contribution in [0.2, 0.25) is 0 Å². The highest BCUT2D eigenvalue weighted by molar-refractivity contribution is 5.75. The molecule has 23 heavy (non-hydrogen) atoms. The molecule has 128 valence electrons. The van der Waals surface area contributed by atoms with Gasteiger partial charge in [-0.15, -0.1) is 0 Å². The Hall–Kier alpha value is -1.55. The molecule has 4 heteroatoms. The van der Waals surface area contributed by atoms with Crippen LogP contribution in [-0.4, -0.2) is 43.6 Å². The predicted octanol–water partition coefficient (Wildman–Crippen LogP) is 2.94. The lowest BCUT2D eigenvalue weighted by Gasteiger charge is -2.33. The number of ether oxygens (including phenoxy) is 1. The number of para-hydroxylation sites is 1. The first-order chi connectivity index (χ1) is 11.1. The number of benzene rings is 1. The first-order valence-corrected chi connectivity index (χ1v) is 8.80. The van der Waals surface area contributed by atoms with Crippen molar-refractivity contribution in [3.8, 4) is 5.75 Å². The van der Waals surface area contributed by atoms with Gasteiger partial charge in [0.2, 0.25) is 5.91 Å². The molecule has 0 aromatic heterocycles. The van der Waals surface area contributed by atoms with Crippen LogP contribution in [0.1, 0.15) is 33.1 Å². The smallest absolute Gasteiger partial charge is 0.223 e. The second kappa shape index (κ2) is 9.56. The Balaban J connectivity index is 1.55. The van der Waals surface area contributed by atoms with Crippen LogP contribution in [0.4, 0.5) is 0 Å². The molecule has 0 atom stereocenters. The molecular formula is C19H30N2O2. The van der Waals surface area contributed by atoms with Crippen molar-refractivity contribution < 1.29 is 9.53 Å². The largest absolute Gasteiger partial charge is 0.493 e. The van der Waals surface area contributed by atoms with Gasteiger partial charge >= 0.3 is 0 Å². The molecule has 0 radical (unpaired) electrons. The number of amides is 1. The summed E-state index contributed by atoms with van der Waals surface area (Å²) in [6.07, 6.45) is 2.79. The Bertz CT molecular complexity index is 454. The number of piperidine rings is 1. The fourth-order valence-corrected chi connectivity index (χ4v) is 3.01. The molecule has 0 unspecified atom stereocenters. The lowest BCUT2D eigenvalue weighted by Crippen LogP contribution is -2.40. The van der Waals surface area contributed by atoms with Crippen molar-refractivity contribution in [2.75, 3.05) is 32.8 Å². The molecule has 0 saturated carbocycles. The highest BCUT2D eigenvalue weighted by Crippen LogP contribution is 2.17. The molecule has 0 spiro atoms. The van der Waals surface area contributed by atoms with Gasteiger partial charge in [-0.25, -0.2) is 0 Å². The molecule has 1 N–H and O–H groups in total. The summed E-state index contributed by atoms with van der Waals surface area (Å²) in [6.45, 7) is 9.29. The molecule has 1 fully saturated rings. The summed E-state index contributed by atoms with van der Waals surface area (Å²) < 4.78 is 5.55. The third kappa shape index (κ3) is 7.04. The number of likely N-dealkylation sites (tertiary alicyclic amines) is 1. The number of rotatable bonds is 8. The van der Waals surface area contributed by atoms with Crippen molar-refractivity contribution in [3.05, 3.63) is 30.3 Å². The van der Waals surface area contributed by atoms with E-state index in [2.05, 4.69) is 24.1 Å². The SMILES string of the molecule is CC(C)CN1CCC(CNC(=O)CCOc2ccccc2)CC1. The van der Waals surface area contributed by atoms with Crippen molar-refractivity contribution in [3.63, 3.8) is 0 Å². The van der Waals surface area contributed by atoms with Gasteiger partial charge in [0.1, 0.15) is 5.75 Å². The van der Waals surface area contributed by atoms with Crippen LogP contribution in [-0.2, 0) is 4.79 Å². The number of carbonyl (C=O) groups is 1. The molecule has 4 nitrogen and oxygen atoms in total. The zero-order valence-electron chi connectivity index (χ0n) is 14.5. The summed E-state index contributed by atoms with van der Waals surface area (Å²) in [7, 11) is 0. The fourth-order valence-electron chi connectivity index (χ4n) is 3.01. The van der Waals surface area contributed by atoms with Crippen LogP contribution in [0.5, 0.6) is 5.75 Å². The van der Waals surface area contributed by atoms with Crippen molar-refractivity contribution in [1.82, 2.24) is 10.2 Å². The van der Waals surface area contributed by atoms with Gasteiger partial charge in [-0.1, -0.05) is 32.0 Å². The standard InChI is InChI=1S/C19H30N2O2/c1-16(2)15-21-11-8-17(9-12-21)14-20-19(22)10-13-23-18-6-4-3-5-7-18/h3-7,16-17H,8-15H2,1-2H3,(H,20,22). The summed E-state index contributed by atoms with van der Waals surface area (Å²) in [5.41, 5.74) is 0. The maximum atomic E-state index is 11.9. The predicted molar refractivity (Wildman–Crippen MR) is 93.6 cm³/mol. The molecule has 1 aliphatic rings. The summed E-state index contributed by atoms with van der Waals surface area (Å²) in [6, 6.07) is 9.62. The molecule has 1 heterocycles. The van der Waals surface area contributed by atoms with Crippen LogP contribution in [0.3, 0.4) is 0 Å². The van der Waals surface area contributed by atoms with Crippen molar-refractivity contribution in [1.29, 1.82) is 0 Å². The molecule has 0 bridgehead atoms. The molecule has 2 rings (SSSR count). The Labute approximate surface area is 140 Å². The number of carbonyl (C=O) groups excluding carboxylic acids is 1. The van der Waals surface area contributed by atoms with Crippen molar-refractivity contribution in [2.24, 2.45) is 11.8 Å². The van der Waals surface area contributed by atoms with Gasteiger partial charge in [0.15, 0.2) is 0 Å². The Kier molecular flexibility index (Phi) is 7.40. The van der Waals surface area contributed by atoms with E-state index >= 15 is 0 Å². The Morgan fingerprint density at radius 2 is 1.96 bits per heavy atom. The summed E-state index contributed by atoms with van der Waals surface area (Å²) in [4.78, 5) is 14.4. The van der Waals surface area contributed by atoms with Crippen LogP contribution >= 0.6 is 0 Å². The second-order valence-electron chi connectivity index (χ2n) is 6.85. The van der Waals surface area contributed by atoms with Gasteiger partial charge in [-0.2, -0.15) is 0 Å². The molecule has 1 aromatic rings. The lowest BCUT2D eigenvalue weighted by molar-refractivity contribution is -0.121.